The highest BCUT2D eigenvalue weighted by Crippen LogP contribution is 2.36. The van der Waals surface area contributed by atoms with Crippen molar-refractivity contribution in [2.45, 2.75) is 6.92 Å². The Morgan fingerprint density at radius 2 is 2.00 bits per heavy atom. The largest absolute Gasteiger partial charge is 0.497 e. The van der Waals surface area contributed by atoms with Crippen LogP contribution in [0.15, 0.2) is 22.7 Å². The molecule has 0 aliphatic carbocycles. The highest BCUT2D eigenvalue weighted by atomic mass is 16.5. The Morgan fingerprint density at radius 3 is 2.56 bits per heavy atom. The Kier molecular flexibility index (Phi) is 3.20. The Morgan fingerprint density at radius 1 is 1.22 bits per heavy atom. The number of aromatic nitrogens is 1. The summed E-state index contributed by atoms with van der Waals surface area (Å²) in [6.45, 7) is 1.91. The molecule has 0 saturated heterocycles. The van der Waals surface area contributed by atoms with Crippen molar-refractivity contribution in [3.8, 4) is 28.9 Å². The van der Waals surface area contributed by atoms with Crippen molar-refractivity contribution in [1.82, 2.24) is 5.16 Å². The van der Waals surface area contributed by atoms with E-state index in [0.29, 0.717) is 17.3 Å². The lowest BCUT2D eigenvalue weighted by Gasteiger charge is -2.11. The highest BCUT2D eigenvalue weighted by molar-refractivity contribution is 5.71. The number of hydrogen-bond donors (Lipinski definition) is 0. The maximum atomic E-state index is 8.75. The summed E-state index contributed by atoms with van der Waals surface area (Å²) in [7, 11) is 3.16. The number of nitrogens with zero attached hydrogens (tertiary/aromatic N) is 2. The zero-order chi connectivity index (χ0) is 13.1. The Hall–Kier alpha value is -2.48. The van der Waals surface area contributed by atoms with Gasteiger partial charge in [0.15, 0.2) is 11.5 Å². The summed E-state index contributed by atoms with van der Waals surface area (Å²) in [5.41, 5.74) is 1.93. The van der Waals surface area contributed by atoms with E-state index in [1.807, 2.05) is 19.1 Å². The van der Waals surface area contributed by atoms with Gasteiger partial charge < -0.3 is 14.0 Å². The van der Waals surface area contributed by atoms with Crippen molar-refractivity contribution in [2.24, 2.45) is 0 Å². The quantitative estimate of drug-likeness (QED) is 0.829. The Labute approximate surface area is 105 Å². The predicted octanol–water partition coefficient (Wildman–Crippen LogP) is 2.54. The molecule has 0 amide bonds. The first-order valence-corrected chi connectivity index (χ1v) is 5.29. The number of ether oxygens (including phenoxy) is 2. The summed E-state index contributed by atoms with van der Waals surface area (Å²) < 4.78 is 15.6. The molecular formula is C13H12N2O3. The van der Waals surface area contributed by atoms with E-state index in [9.17, 15) is 0 Å². The summed E-state index contributed by atoms with van der Waals surface area (Å²) in [5.74, 6) is 1.82. The van der Waals surface area contributed by atoms with Crippen molar-refractivity contribution >= 4 is 0 Å². The SMILES string of the molecule is COc1cc(C)c(-c2cc(C#N)no2)c(OC)c1. The molecule has 18 heavy (non-hydrogen) atoms. The van der Waals surface area contributed by atoms with Gasteiger partial charge in [0.05, 0.1) is 19.8 Å². The van der Waals surface area contributed by atoms with Gasteiger partial charge in [0.1, 0.15) is 17.6 Å². The van der Waals surface area contributed by atoms with Crippen LogP contribution in [0, 0.1) is 18.3 Å². The molecule has 0 spiro atoms. The third-order valence-electron chi connectivity index (χ3n) is 2.60. The molecular weight excluding hydrogens is 232 g/mol. The standard InChI is InChI=1S/C13H12N2O3/c1-8-4-10(16-2)6-11(17-3)13(8)12-5-9(7-14)15-18-12/h4-6H,1-3H3. The first-order valence-electron chi connectivity index (χ1n) is 5.29. The molecule has 0 fully saturated rings. The monoisotopic (exact) mass is 244 g/mol. The van der Waals surface area contributed by atoms with Gasteiger partial charge in [-0.1, -0.05) is 5.16 Å². The predicted molar refractivity (Wildman–Crippen MR) is 64.5 cm³/mol. The molecule has 0 bridgehead atoms. The summed E-state index contributed by atoms with van der Waals surface area (Å²) in [4.78, 5) is 0. The number of methoxy groups -OCH3 is 2. The maximum Gasteiger partial charge on any atom is 0.184 e. The van der Waals surface area contributed by atoms with E-state index in [2.05, 4.69) is 5.16 Å². The normalized spacial score (nSPS) is 9.89. The van der Waals surface area contributed by atoms with E-state index in [-0.39, 0.29) is 5.69 Å². The van der Waals surface area contributed by atoms with Gasteiger partial charge in [0.2, 0.25) is 0 Å². The van der Waals surface area contributed by atoms with Gasteiger partial charge in [-0.25, -0.2) is 0 Å². The van der Waals surface area contributed by atoms with Crippen LogP contribution in [0.1, 0.15) is 11.3 Å². The zero-order valence-electron chi connectivity index (χ0n) is 10.4. The van der Waals surface area contributed by atoms with Crippen LogP contribution in [-0.4, -0.2) is 19.4 Å². The molecule has 0 atom stereocenters. The van der Waals surface area contributed by atoms with Gasteiger partial charge in [0.25, 0.3) is 0 Å². The first kappa shape index (κ1) is 12.0. The van der Waals surface area contributed by atoms with Crippen LogP contribution in [0.25, 0.3) is 11.3 Å². The summed E-state index contributed by atoms with van der Waals surface area (Å²) in [6, 6.07) is 7.14. The minimum atomic E-state index is 0.238. The van der Waals surface area contributed by atoms with Crippen LogP contribution in [0.2, 0.25) is 0 Å². The van der Waals surface area contributed by atoms with Gasteiger partial charge in [-0.2, -0.15) is 5.26 Å². The van der Waals surface area contributed by atoms with Crippen LogP contribution < -0.4 is 9.47 Å². The molecule has 0 unspecified atom stereocenters. The minimum Gasteiger partial charge on any atom is -0.497 e. The van der Waals surface area contributed by atoms with E-state index >= 15 is 0 Å². The second kappa shape index (κ2) is 4.80. The summed E-state index contributed by atoms with van der Waals surface area (Å²) in [5, 5.41) is 12.4. The topological polar surface area (TPSA) is 68.3 Å². The number of rotatable bonds is 3. The Balaban J connectivity index is 2.59. The molecule has 0 aliphatic rings. The molecule has 1 heterocycles. The average molecular weight is 244 g/mol. The molecule has 1 aromatic carbocycles. The minimum absolute atomic E-state index is 0.238. The lowest BCUT2D eigenvalue weighted by Crippen LogP contribution is -1.93. The average Bonchev–Trinajstić information content (AvgIpc) is 2.85. The maximum absolute atomic E-state index is 8.75. The molecule has 5 heteroatoms. The lowest BCUT2D eigenvalue weighted by atomic mass is 10.0. The smallest absolute Gasteiger partial charge is 0.184 e. The summed E-state index contributed by atoms with van der Waals surface area (Å²) in [6.07, 6.45) is 0. The molecule has 0 radical (unpaired) electrons. The molecule has 2 aromatic rings. The molecule has 92 valence electrons. The molecule has 0 N–H and O–H groups in total. The van der Waals surface area contributed by atoms with Crippen LogP contribution in [0.3, 0.4) is 0 Å². The van der Waals surface area contributed by atoms with E-state index in [1.165, 1.54) is 0 Å². The van der Waals surface area contributed by atoms with Gasteiger partial charge in [-0.3, -0.25) is 0 Å². The van der Waals surface area contributed by atoms with Crippen LogP contribution in [0.4, 0.5) is 0 Å². The van der Waals surface area contributed by atoms with Crippen molar-refractivity contribution < 1.29 is 14.0 Å². The number of nitriles is 1. The molecule has 2 rings (SSSR count). The lowest BCUT2D eigenvalue weighted by molar-refractivity contribution is 0.390. The highest BCUT2D eigenvalue weighted by Gasteiger charge is 2.16. The van der Waals surface area contributed by atoms with Crippen LogP contribution in [-0.2, 0) is 0 Å². The fourth-order valence-electron chi connectivity index (χ4n) is 1.76. The van der Waals surface area contributed by atoms with Crippen LogP contribution >= 0.6 is 0 Å². The van der Waals surface area contributed by atoms with Crippen molar-refractivity contribution in [3.63, 3.8) is 0 Å². The van der Waals surface area contributed by atoms with Crippen molar-refractivity contribution in [1.29, 1.82) is 5.26 Å². The fraction of sp³-hybridized carbons (Fsp3) is 0.231. The fourth-order valence-corrected chi connectivity index (χ4v) is 1.76. The van der Waals surface area contributed by atoms with Crippen molar-refractivity contribution in [2.75, 3.05) is 14.2 Å². The number of hydrogen-bond acceptors (Lipinski definition) is 5. The first-order chi connectivity index (χ1) is 8.69. The third-order valence-corrected chi connectivity index (χ3v) is 2.60. The molecule has 5 nitrogen and oxygen atoms in total. The van der Waals surface area contributed by atoms with E-state index < -0.39 is 0 Å². The van der Waals surface area contributed by atoms with E-state index in [1.54, 1.807) is 26.4 Å². The second-order valence-corrected chi connectivity index (χ2v) is 3.71. The van der Waals surface area contributed by atoms with Gasteiger partial charge in [-0.15, -0.1) is 0 Å². The molecule has 1 aromatic heterocycles. The molecule has 0 saturated carbocycles. The van der Waals surface area contributed by atoms with Crippen molar-refractivity contribution in [3.05, 3.63) is 29.5 Å². The van der Waals surface area contributed by atoms with E-state index in [4.69, 9.17) is 19.3 Å². The second-order valence-electron chi connectivity index (χ2n) is 3.71. The van der Waals surface area contributed by atoms with Gasteiger partial charge in [0, 0.05) is 12.1 Å². The zero-order valence-corrected chi connectivity index (χ0v) is 10.4. The number of aryl methyl sites for hydroxylation is 1. The Bertz CT molecular complexity index is 611. The molecule has 0 aliphatic heterocycles. The summed E-state index contributed by atoms with van der Waals surface area (Å²) >= 11 is 0. The van der Waals surface area contributed by atoms with Crippen LogP contribution in [0.5, 0.6) is 11.5 Å². The van der Waals surface area contributed by atoms with E-state index in [0.717, 1.165) is 11.1 Å². The number of benzene rings is 1. The van der Waals surface area contributed by atoms with Gasteiger partial charge in [-0.05, 0) is 18.6 Å². The van der Waals surface area contributed by atoms with Gasteiger partial charge >= 0.3 is 0 Å². The third kappa shape index (κ3) is 2.00.